The normalized spacial score (nSPS) is 14.8. The highest BCUT2D eigenvalue weighted by Gasteiger charge is 2.19. The third kappa shape index (κ3) is 3.27. The minimum absolute atomic E-state index is 0.0884. The number of hydrogen-bond donors (Lipinski definition) is 2. The second kappa shape index (κ2) is 7.21. The van der Waals surface area contributed by atoms with Crippen LogP contribution in [0.1, 0.15) is 31.5 Å². The second-order valence-corrected chi connectivity index (χ2v) is 5.52. The lowest BCUT2D eigenvalue weighted by atomic mass is 9.98. The molecule has 1 aliphatic heterocycles. The molecular formula is C18H22N4O2. The number of benzene rings is 1. The molecule has 0 spiro atoms. The summed E-state index contributed by atoms with van der Waals surface area (Å²) in [5, 5.41) is 2.85. The maximum atomic E-state index is 12.2. The molecule has 6 nitrogen and oxygen atoms in total. The van der Waals surface area contributed by atoms with Crippen molar-refractivity contribution in [2.45, 2.75) is 20.3 Å². The van der Waals surface area contributed by atoms with Crippen molar-refractivity contribution in [3.8, 4) is 5.75 Å². The van der Waals surface area contributed by atoms with Crippen LogP contribution in [0.5, 0.6) is 5.75 Å². The van der Waals surface area contributed by atoms with Crippen LogP contribution in [0.3, 0.4) is 0 Å². The number of urea groups is 1. The average molecular weight is 326 g/mol. The smallest absolute Gasteiger partial charge is 0.321 e. The Labute approximate surface area is 141 Å². The predicted octanol–water partition coefficient (Wildman–Crippen LogP) is 3.29. The highest BCUT2D eigenvalue weighted by atomic mass is 16.5. The zero-order chi connectivity index (χ0) is 16.9. The molecule has 2 aromatic rings. The van der Waals surface area contributed by atoms with E-state index < -0.39 is 0 Å². The Bertz CT molecular complexity index is 737. The zero-order valence-corrected chi connectivity index (χ0v) is 14.0. The van der Waals surface area contributed by atoms with Gasteiger partial charge in [-0.1, -0.05) is 0 Å². The number of aromatic amines is 1. The van der Waals surface area contributed by atoms with E-state index in [2.05, 4.69) is 21.4 Å². The van der Waals surface area contributed by atoms with Crippen LogP contribution in [0.25, 0.3) is 11.6 Å². The number of carbonyl (C=O) groups is 1. The molecular weight excluding hydrogens is 304 g/mol. The fourth-order valence-corrected chi connectivity index (χ4v) is 2.84. The molecule has 1 aliphatic rings. The minimum atomic E-state index is -0.0884. The average Bonchev–Trinajstić information content (AvgIpc) is 3.09. The Kier molecular flexibility index (Phi) is 4.84. The van der Waals surface area contributed by atoms with Gasteiger partial charge in [0.05, 0.1) is 18.6 Å². The molecule has 6 heteroatoms. The Hall–Kier alpha value is -2.76. The molecule has 2 amide bonds. The molecule has 0 unspecified atom stereocenters. The highest BCUT2D eigenvalue weighted by Crippen LogP contribution is 2.36. The number of ether oxygens (including phenoxy) is 1. The van der Waals surface area contributed by atoms with E-state index in [0.717, 1.165) is 34.7 Å². The number of anilines is 1. The molecule has 0 aliphatic carbocycles. The van der Waals surface area contributed by atoms with Crippen LogP contribution >= 0.6 is 0 Å². The number of H-pyrrole nitrogens is 1. The molecule has 0 fully saturated rings. The Morgan fingerprint density at radius 1 is 1.46 bits per heavy atom. The minimum Gasteiger partial charge on any atom is -0.493 e. The van der Waals surface area contributed by atoms with E-state index in [1.165, 1.54) is 0 Å². The summed E-state index contributed by atoms with van der Waals surface area (Å²) >= 11 is 0. The van der Waals surface area contributed by atoms with Crippen molar-refractivity contribution < 1.29 is 9.53 Å². The lowest BCUT2D eigenvalue weighted by molar-refractivity contribution is 0.247. The first-order valence-electron chi connectivity index (χ1n) is 8.24. The van der Waals surface area contributed by atoms with Gasteiger partial charge in [0, 0.05) is 37.0 Å². The van der Waals surface area contributed by atoms with Crippen molar-refractivity contribution in [3.63, 3.8) is 0 Å². The summed E-state index contributed by atoms with van der Waals surface area (Å²) in [6, 6.07) is 5.79. The Balaban J connectivity index is 1.97. The fourth-order valence-electron chi connectivity index (χ4n) is 2.84. The lowest BCUT2D eigenvalue weighted by Crippen LogP contribution is -2.39. The first-order chi connectivity index (χ1) is 11.7. The van der Waals surface area contributed by atoms with Crippen molar-refractivity contribution in [2.75, 3.05) is 24.6 Å². The van der Waals surface area contributed by atoms with Gasteiger partial charge in [-0.05, 0) is 43.7 Å². The molecule has 2 N–H and O–H groups in total. The van der Waals surface area contributed by atoms with Gasteiger partial charge < -0.3 is 15.0 Å². The van der Waals surface area contributed by atoms with Crippen molar-refractivity contribution in [1.29, 1.82) is 0 Å². The molecule has 0 saturated heterocycles. The monoisotopic (exact) mass is 326 g/mol. The van der Waals surface area contributed by atoms with E-state index in [4.69, 9.17) is 4.74 Å². The number of nitrogens with one attached hydrogen (secondary N) is 2. The number of hydrogen-bond acceptors (Lipinski definition) is 3. The number of carbonyl (C=O) groups excluding carboxylic acids is 1. The third-order valence-electron chi connectivity index (χ3n) is 3.98. The van der Waals surface area contributed by atoms with Crippen molar-refractivity contribution in [3.05, 3.63) is 42.0 Å². The van der Waals surface area contributed by atoms with Gasteiger partial charge in [-0.15, -0.1) is 0 Å². The summed E-state index contributed by atoms with van der Waals surface area (Å²) in [5.41, 5.74) is 3.93. The largest absolute Gasteiger partial charge is 0.493 e. The van der Waals surface area contributed by atoms with Gasteiger partial charge in [0.2, 0.25) is 0 Å². The van der Waals surface area contributed by atoms with Gasteiger partial charge in [-0.25, -0.2) is 9.78 Å². The molecule has 0 atom stereocenters. The maximum Gasteiger partial charge on any atom is 0.321 e. The van der Waals surface area contributed by atoms with Crippen LogP contribution in [0.4, 0.5) is 10.5 Å². The van der Waals surface area contributed by atoms with Crippen LogP contribution < -0.4 is 15.0 Å². The maximum absolute atomic E-state index is 12.2. The first-order valence-corrected chi connectivity index (χ1v) is 8.24. The number of fused-ring (bicyclic) bond motifs is 1. The van der Waals surface area contributed by atoms with Crippen molar-refractivity contribution >= 4 is 23.4 Å². The topological polar surface area (TPSA) is 70.2 Å². The quantitative estimate of drug-likeness (QED) is 0.906. The summed E-state index contributed by atoms with van der Waals surface area (Å²) in [5.74, 6) is 0.846. The third-order valence-corrected chi connectivity index (χ3v) is 3.98. The first kappa shape index (κ1) is 16.1. The van der Waals surface area contributed by atoms with Gasteiger partial charge >= 0.3 is 6.03 Å². The summed E-state index contributed by atoms with van der Waals surface area (Å²) in [6.07, 6.45) is 6.40. The molecule has 126 valence electrons. The van der Waals surface area contributed by atoms with E-state index >= 15 is 0 Å². The van der Waals surface area contributed by atoms with Gasteiger partial charge in [0.25, 0.3) is 0 Å². The Morgan fingerprint density at radius 2 is 2.33 bits per heavy atom. The number of aromatic nitrogens is 2. The van der Waals surface area contributed by atoms with Crippen LogP contribution in [0, 0.1) is 0 Å². The molecule has 0 radical (unpaired) electrons. The Morgan fingerprint density at radius 3 is 3.04 bits per heavy atom. The van der Waals surface area contributed by atoms with Gasteiger partial charge in [0.1, 0.15) is 5.75 Å². The number of imidazole rings is 1. The van der Waals surface area contributed by atoms with Crippen molar-refractivity contribution in [1.82, 2.24) is 15.3 Å². The van der Waals surface area contributed by atoms with E-state index in [1.54, 1.807) is 11.2 Å². The van der Waals surface area contributed by atoms with E-state index in [0.29, 0.717) is 19.7 Å². The van der Waals surface area contributed by atoms with E-state index in [9.17, 15) is 4.79 Å². The van der Waals surface area contributed by atoms with Crippen LogP contribution in [0.15, 0.2) is 30.7 Å². The molecule has 0 bridgehead atoms. The zero-order valence-electron chi connectivity index (χ0n) is 14.0. The van der Waals surface area contributed by atoms with Gasteiger partial charge in [-0.2, -0.15) is 0 Å². The van der Waals surface area contributed by atoms with E-state index in [1.807, 2.05) is 38.2 Å². The molecule has 3 rings (SSSR count). The van der Waals surface area contributed by atoms with Crippen LogP contribution in [-0.4, -0.2) is 35.7 Å². The molecule has 24 heavy (non-hydrogen) atoms. The SMILES string of the molecule is CCNC(=O)N(CC)c1ccc2c(c1)/C(=C/c1c[nH]cn1)CCO2. The lowest BCUT2D eigenvalue weighted by Gasteiger charge is -2.25. The number of rotatable bonds is 4. The van der Waals surface area contributed by atoms with Crippen molar-refractivity contribution in [2.24, 2.45) is 0 Å². The summed E-state index contributed by atoms with van der Waals surface area (Å²) < 4.78 is 5.76. The molecule has 1 aromatic carbocycles. The number of nitrogens with zero attached hydrogens (tertiary/aromatic N) is 2. The molecule has 0 saturated carbocycles. The number of amides is 2. The van der Waals surface area contributed by atoms with Crippen LogP contribution in [0.2, 0.25) is 0 Å². The summed E-state index contributed by atoms with van der Waals surface area (Å²) in [7, 11) is 0. The van der Waals surface area contributed by atoms with Gasteiger partial charge in [-0.3, -0.25) is 4.90 Å². The highest BCUT2D eigenvalue weighted by molar-refractivity contribution is 5.93. The summed E-state index contributed by atoms with van der Waals surface area (Å²) in [4.78, 5) is 21.2. The molecule has 2 heterocycles. The summed E-state index contributed by atoms with van der Waals surface area (Å²) in [6.45, 7) is 5.73. The van der Waals surface area contributed by atoms with E-state index in [-0.39, 0.29) is 6.03 Å². The fraction of sp³-hybridized carbons (Fsp3) is 0.333. The van der Waals surface area contributed by atoms with Crippen LogP contribution in [-0.2, 0) is 0 Å². The standard InChI is InChI=1S/C18H22N4O2/c1-3-20-18(23)22(4-2)15-5-6-17-16(10-15)13(7-8-24-17)9-14-11-19-12-21-14/h5-6,9-12H,3-4,7-8H2,1-2H3,(H,19,21)(H,20,23)/b13-9+. The van der Waals surface area contributed by atoms with Gasteiger partial charge in [0.15, 0.2) is 0 Å². The predicted molar refractivity (Wildman–Crippen MR) is 95.1 cm³/mol. The second-order valence-electron chi connectivity index (χ2n) is 5.52. The molecule has 1 aromatic heterocycles.